The smallest absolute Gasteiger partial charge is 0.338 e. The summed E-state index contributed by atoms with van der Waals surface area (Å²) in [7, 11) is 1.49. The van der Waals surface area contributed by atoms with Crippen molar-refractivity contribution in [2.24, 2.45) is 0 Å². The Morgan fingerprint density at radius 2 is 1.59 bits per heavy atom. The summed E-state index contributed by atoms with van der Waals surface area (Å²) < 4.78 is 27.3. The molecular formula is C25H22O7. The average Bonchev–Trinajstić information content (AvgIpc) is 2.86. The molecular weight excluding hydrogens is 412 g/mol. The van der Waals surface area contributed by atoms with Crippen LogP contribution in [0.2, 0.25) is 0 Å². The second-order valence-electron chi connectivity index (χ2n) is 7.00. The first kappa shape index (κ1) is 21.2. The Labute approximate surface area is 185 Å². The number of ketones is 1. The molecule has 0 atom stereocenters. The van der Waals surface area contributed by atoms with Crippen LogP contribution in [0.15, 0.2) is 66.7 Å². The van der Waals surface area contributed by atoms with Crippen LogP contribution in [0.3, 0.4) is 0 Å². The predicted molar refractivity (Wildman–Crippen MR) is 116 cm³/mol. The van der Waals surface area contributed by atoms with Crippen molar-refractivity contribution < 1.29 is 33.3 Å². The van der Waals surface area contributed by atoms with Crippen LogP contribution in [0.25, 0.3) is 0 Å². The van der Waals surface area contributed by atoms with Crippen molar-refractivity contribution in [3.63, 3.8) is 0 Å². The SMILES string of the molecule is COc1cc(C(=O)OCC(=O)c2ccc3c(c2)OCCO3)ccc1OCc1ccccc1. The molecule has 1 aliphatic heterocycles. The molecule has 0 bridgehead atoms. The van der Waals surface area contributed by atoms with E-state index in [-0.39, 0.29) is 11.3 Å². The van der Waals surface area contributed by atoms with Crippen molar-refractivity contribution in [1.29, 1.82) is 0 Å². The molecule has 0 aromatic heterocycles. The second-order valence-corrected chi connectivity index (χ2v) is 7.00. The maximum absolute atomic E-state index is 12.5. The summed E-state index contributed by atoms with van der Waals surface area (Å²) in [5.41, 5.74) is 1.64. The van der Waals surface area contributed by atoms with Crippen molar-refractivity contribution in [2.45, 2.75) is 6.61 Å². The standard InChI is InChI=1S/C25H22O7/c1-28-23-14-19(8-10-21(23)31-15-17-5-3-2-4-6-17)25(27)32-16-20(26)18-7-9-22-24(13-18)30-12-11-29-22/h2-10,13-14H,11-12,15-16H2,1H3. The summed E-state index contributed by atoms with van der Waals surface area (Å²) in [6.45, 7) is 0.863. The van der Waals surface area contributed by atoms with Crippen molar-refractivity contribution in [2.75, 3.05) is 26.9 Å². The van der Waals surface area contributed by atoms with Gasteiger partial charge in [0.05, 0.1) is 12.7 Å². The van der Waals surface area contributed by atoms with Crippen LogP contribution in [0.1, 0.15) is 26.3 Å². The van der Waals surface area contributed by atoms with Gasteiger partial charge in [-0.25, -0.2) is 4.79 Å². The van der Waals surface area contributed by atoms with Crippen LogP contribution < -0.4 is 18.9 Å². The molecule has 4 rings (SSSR count). The number of rotatable bonds is 8. The lowest BCUT2D eigenvalue weighted by Gasteiger charge is -2.18. The Balaban J connectivity index is 1.37. The fraction of sp³-hybridized carbons (Fsp3) is 0.200. The molecule has 7 heteroatoms. The number of carbonyl (C=O) groups is 2. The Kier molecular flexibility index (Phi) is 6.55. The summed E-state index contributed by atoms with van der Waals surface area (Å²) in [6.07, 6.45) is 0. The van der Waals surface area contributed by atoms with E-state index in [2.05, 4.69) is 0 Å². The molecule has 0 unspecified atom stereocenters. The van der Waals surface area contributed by atoms with E-state index in [0.29, 0.717) is 48.4 Å². The summed E-state index contributed by atoms with van der Waals surface area (Å²) in [4.78, 5) is 24.9. The summed E-state index contributed by atoms with van der Waals surface area (Å²) in [5.74, 6) is 1.01. The zero-order chi connectivity index (χ0) is 22.3. The first-order chi connectivity index (χ1) is 15.6. The van der Waals surface area contributed by atoms with E-state index in [4.69, 9.17) is 23.7 Å². The maximum atomic E-state index is 12.5. The van der Waals surface area contributed by atoms with Gasteiger partial charge in [-0.05, 0) is 42.0 Å². The number of fused-ring (bicyclic) bond motifs is 1. The molecule has 32 heavy (non-hydrogen) atoms. The molecule has 0 aliphatic carbocycles. The lowest BCUT2D eigenvalue weighted by Crippen LogP contribution is -2.17. The van der Waals surface area contributed by atoms with Crippen molar-refractivity contribution in [3.8, 4) is 23.0 Å². The first-order valence-electron chi connectivity index (χ1n) is 10.1. The van der Waals surface area contributed by atoms with Gasteiger partial charge in [-0.3, -0.25) is 4.79 Å². The molecule has 0 saturated heterocycles. The molecule has 7 nitrogen and oxygen atoms in total. The highest BCUT2D eigenvalue weighted by molar-refractivity contribution is 6.00. The fourth-order valence-corrected chi connectivity index (χ4v) is 3.16. The Hall–Kier alpha value is -4.00. The number of ether oxygens (including phenoxy) is 5. The minimum atomic E-state index is -0.635. The predicted octanol–water partition coefficient (Wildman–Crippen LogP) is 4.09. The topological polar surface area (TPSA) is 80.3 Å². The molecule has 0 fully saturated rings. The van der Waals surface area contributed by atoms with Gasteiger partial charge >= 0.3 is 5.97 Å². The van der Waals surface area contributed by atoms with Crippen LogP contribution in [-0.2, 0) is 11.3 Å². The van der Waals surface area contributed by atoms with E-state index < -0.39 is 12.6 Å². The Morgan fingerprint density at radius 3 is 2.38 bits per heavy atom. The van der Waals surface area contributed by atoms with Crippen LogP contribution in [0.4, 0.5) is 0 Å². The van der Waals surface area contributed by atoms with Crippen molar-refractivity contribution in [3.05, 3.63) is 83.4 Å². The van der Waals surface area contributed by atoms with Gasteiger partial charge in [-0.2, -0.15) is 0 Å². The minimum Gasteiger partial charge on any atom is -0.493 e. The number of Topliss-reactive ketones (excluding diaryl/α,β-unsaturated/α-hetero) is 1. The van der Waals surface area contributed by atoms with Gasteiger partial charge in [0, 0.05) is 5.56 Å². The Morgan fingerprint density at radius 1 is 0.844 bits per heavy atom. The molecule has 0 N–H and O–H groups in total. The third-order valence-corrected chi connectivity index (χ3v) is 4.84. The van der Waals surface area contributed by atoms with E-state index in [1.807, 2.05) is 30.3 Å². The molecule has 1 aliphatic rings. The zero-order valence-electron chi connectivity index (χ0n) is 17.5. The highest BCUT2D eigenvalue weighted by Gasteiger charge is 2.18. The van der Waals surface area contributed by atoms with E-state index in [0.717, 1.165) is 5.56 Å². The first-order valence-corrected chi connectivity index (χ1v) is 10.1. The normalized spacial score (nSPS) is 12.0. The molecule has 0 saturated carbocycles. The number of methoxy groups -OCH3 is 1. The number of carbonyl (C=O) groups excluding carboxylic acids is 2. The summed E-state index contributed by atoms with van der Waals surface area (Å²) in [5, 5.41) is 0. The van der Waals surface area contributed by atoms with Gasteiger partial charge in [-0.15, -0.1) is 0 Å². The van der Waals surface area contributed by atoms with E-state index in [1.54, 1.807) is 30.3 Å². The lowest BCUT2D eigenvalue weighted by atomic mass is 10.1. The molecule has 0 amide bonds. The van der Waals surface area contributed by atoms with Gasteiger partial charge < -0.3 is 23.7 Å². The van der Waals surface area contributed by atoms with E-state index in [9.17, 15) is 9.59 Å². The lowest BCUT2D eigenvalue weighted by molar-refractivity contribution is 0.0474. The van der Waals surface area contributed by atoms with Crippen molar-refractivity contribution in [1.82, 2.24) is 0 Å². The quantitative estimate of drug-likeness (QED) is 0.390. The van der Waals surface area contributed by atoms with Crippen LogP contribution in [0, 0.1) is 0 Å². The largest absolute Gasteiger partial charge is 0.493 e. The fourth-order valence-electron chi connectivity index (χ4n) is 3.16. The maximum Gasteiger partial charge on any atom is 0.338 e. The van der Waals surface area contributed by atoms with Gasteiger partial charge in [0.15, 0.2) is 35.4 Å². The molecule has 3 aromatic carbocycles. The molecule has 1 heterocycles. The summed E-state index contributed by atoms with van der Waals surface area (Å²) in [6, 6.07) is 19.3. The van der Waals surface area contributed by atoms with E-state index >= 15 is 0 Å². The van der Waals surface area contributed by atoms with Crippen molar-refractivity contribution >= 4 is 11.8 Å². The van der Waals surface area contributed by atoms with Gasteiger partial charge in [0.25, 0.3) is 0 Å². The van der Waals surface area contributed by atoms with E-state index in [1.165, 1.54) is 13.2 Å². The second kappa shape index (κ2) is 9.87. The third kappa shape index (κ3) is 5.00. The molecule has 3 aromatic rings. The third-order valence-electron chi connectivity index (χ3n) is 4.84. The molecule has 0 spiro atoms. The number of hydrogen-bond acceptors (Lipinski definition) is 7. The minimum absolute atomic E-state index is 0.254. The molecule has 164 valence electrons. The van der Waals surface area contributed by atoms with Gasteiger partial charge in [0.1, 0.15) is 19.8 Å². The van der Waals surface area contributed by atoms with Gasteiger partial charge in [0.2, 0.25) is 0 Å². The summed E-state index contributed by atoms with van der Waals surface area (Å²) >= 11 is 0. The highest BCUT2D eigenvalue weighted by Crippen LogP contribution is 2.31. The van der Waals surface area contributed by atoms with Crippen LogP contribution in [-0.4, -0.2) is 38.7 Å². The van der Waals surface area contributed by atoms with Gasteiger partial charge in [-0.1, -0.05) is 30.3 Å². The number of hydrogen-bond donors (Lipinski definition) is 0. The number of benzene rings is 3. The average molecular weight is 434 g/mol. The monoisotopic (exact) mass is 434 g/mol. The highest BCUT2D eigenvalue weighted by atomic mass is 16.6. The molecule has 0 radical (unpaired) electrons. The van der Waals surface area contributed by atoms with Crippen LogP contribution in [0.5, 0.6) is 23.0 Å². The van der Waals surface area contributed by atoms with Crippen LogP contribution >= 0.6 is 0 Å². The number of esters is 1. The Bertz CT molecular complexity index is 1110. The zero-order valence-corrected chi connectivity index (χ0v) is 17.5.